The smallest absolute Gasteiger partial charge is 0.173 e. The van der Waals surface area contributed by atoms with Crippen LogP contribution in [0, 0.1) is 5.82 Å². The third-order valence-corrected chi connectivity index (χ3v) is 3.04. The van der Waals surface area contributed by atoms with Crippen LogP contribution in [0.25, 0.3) is 0 Å². The first-order valence-electron chi connectivity index (χ1n) is 5.91. The zero-order valence-corrected chi connectivity index (χ0v) is 12.0. The zero-order chi connectivity index (χ0) is 14.4. The molecule has 0 amide bonds. The van der Waals surface area contributed by atoms with Crippen molar-refractivity contribution in [3.8, 4) is 0 Å². The van der Waals surface area contributed by atoms with Gasteiger partial charge in [-0.2, -0.15) is 5.10 Å². The van der Waals surface area contributed by atoms with E-state index in [1.54, 1.807) is 12.1 Å². The highest BCUT2D eigenvalue weighted by molar-refractivity contribution is 7.80. The van der Waals surface area contributed by atoms with Gasteiger partial charge in [0.25, 0.3) is 0 Å². The fourth-order valence-corrected chi connectivity index (χ4v) is 1.91. The van der Waals surface area contributed by atoms with Crippen LogP contribution in [0.15, 0.2) is 36.5 Å². The molecule has 20 heavy (non-hydrogen) atoms. The van der Waals surface area contributed by atoms with Gasteiger partial charge in [-0.25, -0.2) is 4.39 Å². The third-order valence-electron chi connectivity index (χ3n) is 2.49. The van der Waals surface area contributed by atoms with E-state index in [4.69, 9.17) is 23.8 Å². The van der Waals surface area contributed by atoms with E-state index in [1.807, 2.05) is 6.07 Å². The Morgan fingerprint density at radius 3 is 2.95 bits per heavy atom. The fourth-order valence-electron chi connectivity index (χ4n) is 1.57. The fraction of sp³-hybridized carbons (Fsp3) is 0.154. The molecule has 0 saturated carbocycles. The summed E-state index contributed by atoms with van der Waals surface area (Å²) in [5.74, 6) is 0.159. The summed E-state index contributed by atoms with van der Waals surface area (Å²) in [5.41, 5.74) is 0.901. The van der Waals surface area contributed by atoms with Crippen LogP contribution < -0.4 is 10.6 Å². The zero-order valence-electron chi connectivity index (χ0n) is 10.4. The minimum absolute atomic E-state index is 0.241. The van der Waals surface area contributed by atoms with E-state index in [0.29, 0.717) is 28.9 Å². The molecule has 0 aliphatic heterocycles. The largest absolute Gasteiger partial charge is 0.362 e. The number of nitrogens with zero attached hydrogens (tertiary/aromatic N) is 2. The summed E-state index contributed by atoms with van der Waals surface area (Å²) in [6.45, 7) is 0.577. The van der Waals surface area contributed by atoms with E-state index in [2.05, 4.69) is 20.8 Å². The molecule has 0 spiro atoms. The van der Waals surface area contributed by atoms with Gasteiger partial charge in [-0.15, -0.1) is 5.10 Å². The number of hydrogen-bond acceptors (Lipinski definition) is 3. The number of benzene rings is 1. The predicted octanol–water partition coefficient (Wildman–Crippen LogP) is 2.80. The molecular formula is C13H12ClFN4S. The molecule has 7 heteroatoms. The summed E-state index contributed by atoms with van der Waals surface area (Å²) >= 11 is 11.0. The maximum absolute atomic E-state index is 13.0. The van der Waals surface area contributed by atoms with E-state index in [9.17, 15) is 4.39 Å². The van der Waals surface area contributed by atoms with Crippen LogP contribution in [0.5, 0.6) is 0 Å². The Bertz CT molecular complexity index is 608. The van der Waals surface area contributed by atoms with E-state index in [-0.39, 0.29) is 5.82 Å². The predicted molar refractivity (Wildman–Crippen MR) is 81.4 cm³/mol. The topological polar surface area (TPSA) is 49.8 Å². The molecule has 104 valence electrons. The Hall–Kier alpha value is -1.79. The van der Waals surface area contributed by atoms with Crippen LogP contribution in [0.3, 0.4) is 0 Å². The molecule has 1 aromatic heterocycles. The molecule has 0 fully saturated rings. The maximum Gasteiger partial charge on any atom is 0.173 e. The molecule has 2 rings (SSSR count). The van der Waals surface area contributed by atoms with E-state index >= 15 is 0 Å². The SMILES string of the molecule is Fc1cccc(CCNC(=S)Nc2nnccc2Cl)c1. The number of thiocarbonyl (C=S) groups is 1. The van der Waals surface area contributed by atoms with Crippen molar-refractivity contribution >= 4 is 34.7 Å². The second kappa shape index (κ2) is 7.12. The van der Waals surface area contributed by atoms with Crippen molar-refractivity contribution in [2.45, 2.75) is 6.42 Å². The second-order valence-corrected chi connectivity index (χ2v) is 4.80. The van der Waals surface area contributed by atoms with Gasteiger partial charge in [0.1, 0.15) is 5.82 Å². The van der Waals surface area contributed by atoms with Crippen molar-refractivity contribution in [1.82, 2.24) is 15.5 Å². The van der Waals surface area contributed by atoms with Gasteiger partial charge in [0, 0.05) is 6.54 Å². The molecule has 0 unspecified atom stereocenters. The van der Waals surface area contributed by atoms with Crippen LogP contribution >= 0.6 is 23.8 Å². The summed E-state index contributed by atoms with van der Waals surface area (Å²) in [6, 6.07) is 8.07. The third kappa shape index (κ3) is 4.40. The summed E-state index contributed by atoms with van der Waals surface area (Å²) in [5, 5.41) is 14.2. The Kier molecular flexibility index (Phi) is 5.20. The van der Waals surface area contributed by atoms with E-state index < -0.39 is 0 Å². The first-order valence-corrected chi connectivity index (χ1v) is 6.70. The first kappa shape index (κ1) is 14.6. The standard InChI is InChI=1S/C13H12ClFN4S/c14-11-5-7-17-19-12(11)18-13(20)16-6-4-9-2-1-3-10(15)8-9/h1-3,5,7-8H,4,6H2,(H2,16,18,19,20). The molecule has 0 saturated heterocycles. The molecule has 1 aromatic carbocycles. The summed E-state index contributed by atoms with van der Waals surface area (Å²) in [7, 11) is 0. The lowest BCUT2D eigenvalue weighted by Gasteiger charge is -2.10. The van der Waals surface area contributed by atoms with Crippen molar-refractivity contribution in [1.29, 1.82) is 0 Å². The van der Waals surface area contributed by atoms with E-state index in [0.717, 1.165) is 5.56 Å². The van der Waals surface area contributed by atoms with Crippen molar-refractivity contribution in [2.75, 3.05) is 11.9 Å². The lowest BCUT2D eigenvalue weighted by atomic mass is 10.1. The molecule has 4 nitrogen and oxygen atoms in total. The average Bonchev–Trinajstić information content (AvgIpc) is 2.41. The Morgan fingerprint density at radius 2 is 2.20 bits per heavy atom. The Morgan fingerprint density at radius 1 is 1.35 bits per heavy atom. The monoisotopic (exact) mass is 310 g/mol. The van der Waals surface area contributed by atoms with Gasteiger partial charge in [0.05, 0.1) is 11.2 Å². The van der Waals surface area contributed by atoms with Crippen molar-refractivity contribution < 1.29 is 4.39 Å². The van der Waals surface area contributed by atoms with Gasteiger partial charge in [0.2, 0.25) is 0 Å². The number of rotatable bonds is 4. The Labute approximate surface area is 126 Å². The molecule has 0 atom stereocenters. The molecule has 2 aromatic rings. The number of anilines is 1. The normalized spacial score (nSPS) is 10.1. The van der Waals surface area contributed by atoms with Crippen molar-refractivity contribution in [3.63, 3.8) is 0 Å². The van der Waals surface area contributed by atoms with Gasteiger partial charge < -0.3 is 10.6 Å². The highest BCUT2D eigenvalue weighted by Gasteiger charge is 2.03. The summed E-state index contributed by atoms with van der Waals surface area (Å²) in [4.78, 5) is 0. The Balaban J connectivity index is 1.80. The van der Waals surface area contributed by atoms with Crippen LogP contribution in [-0.2, 0) is 6.42 Å². The van der Waals surface area contributed by atoms with Gasteiger partial charge in [0.15, 0.2) is 10.9 Å². The van der Waals surface area contributed by atoms with Gasteiger partial charge in [-0.1, -0.05) is 23.7 Å². The number of halogens is 2. The lowest BCUT2D eigenvalue weighted by Crippen LogP contribution is -2.30. The molecule has 2 N–H and O–H groups in total. The lowest BCUT2D eigenvalue weighted by molar-refractivity contribution is 0.625. The summed E-state index contributed by atoms with van der Waals surface area (Å²) in [6.07, 6.45) is 2.15. The molecule has 0 aliphatic carbocycles. The highest BCUT2D eigenvalue weighted by atomic mass is 35.5. The second-order valence-electron chi connectivity index (χ2n) is 3.99. The molecule has 1 heterocycles. The summed E-state index contributed by atoms with van der Waals surface area (Å²) < 4.78 is 13.0. The molecular weight excluding hydrogens is 299 g/mol. The van der Waals surface area contributed by atoms with Crippen LogP contribution in [-0.4, -0.2) is 21.9 Å². The molecule has 0 radical (unpaired) electrons. The van der Waals surface area contributed by atoms with Crippen LogP contribution in [0.2, 0.25) is 5.02 Å². The van der Waals surface area contributed by atoms with Crippen LogP contribution in [0.4, 0.5) is 10.2 Å². The minimum Gasteiger partial charge on any atom is -0.362 e. The molecule has 0 aliphatic rings. The average molecular weight is 311 g/mol. The maximum atomic E-state index is 13.0. The van der Waals surface area contributed by atoms with E-state index in [1.165, 1.54) is 18.3 Å². The number of hydrogen-bond donors (Lipinski definition) is 2. The van der Waals surface area contributed by atoms with Crippen molar-refractivity contribution in [3.05, 3.63) is 52.9 Å². The number of nitrogens with one attached hydrogen (secondary N) is 2. The van der Waals surface area contributed by atoms with Crippen LogP contribution in [0.1, 0.15) is 5.56 Å². The quantitative estimate of drug-likeness (QED) is 0.851. The van der Waals surface area contributed by atoms with Crippen molar-refractivity contribution in [2.24, 2.45) is 0 Å². The minimum atomic E-state index is -0.241. The number of aromatic nitrogens is 2. The van der Waals surface area contributed by atoms with Gasteiger partial charge in [-0.3, -0.25) is 0 Å². The van der Waals surface area contributed by atoms with Gasteiger partial charge >= 0.3 is 0 Å². The highest BCUT2D eigenvalue weighted by Crippen LogP contribution is 2.15. The first-order chi connectivity index (χ1) is 9.65. The van der Waals surface area contributed by atoms with Gasteiger partial charge in [-0.05, 0) is 42.4 Å². The molecule has 0 bridgehead atoms.